The van der Waals surface area contributed by atoms with Gasteiger partial charge in [0, 0.05) is 13.7 Å². The summed E-state index contributed by atoms with van der Waals surface area (Å²) in [5.74, 6) is 0. The van der Waals surface area contributed by atoms with Crippen molar-refractivity contribution in [2.24, 2.45) is 0 Å². The molecule has 17 heavy (non-hydrogen) atoms. The van der Waals surface area contributed by atoms with Gasteiger partial charge in [-0.05, 0) is 33.4 Å². The second-order valence-corrected chi connectivity index (χ2v) is 7.67. The zero-order chi connectivity index (χ0) is 13.3. The largest absolute Gasteiger partial charge is 0.395 e. The lowest BCUT2D eigenvalue weighted by molar-refractivity contribution is -0.111. The van der Waals surface area contributed by atoms with E-state index in [0.717, 1.165) is 12.5 Å². The zero-order valence-electron chi connectivity index (χ0n) is 12.1. The lowest BCUT2D eigenvalue weighted by Crippen LogP contribution is -2.42. The molecule has 0 rings (SSSR count). The van der Waals surface area contributed by atoms with E-state index < -0.39 is 8.56 Å². The molecule has 0 spiro atoms. The van der Waals surface area contributed by atoms with Crippen molar-refractivity contribution in [2.45, 2.75) is 59.1 Å². The van der Waals surface area contributed by atoms with Crippen molar-refractivity contribution in [1.82, 2.24) is 0 Å². The molecule has 0 saturated carbocycles. The third-order valence-electron chi connectivity index (χ3n) is 2.54. The quantitative estimate of drug-likeness (QED) is 0.449. The van der Waals surface area contributed by atoms with E-state index in [9.17, 15) is 0 Å². The lowest BCUT2D eigenvalue weighted by Gasteiger charge is -2.30. The van der Waals surface area contributed by atoms with Crippen LogP contribution in [0.1, 0.15) is 34.1 Å². The van der Waals surface area contributed by atoms with Crippen molar-refractivity contribution in [2.75, 3.05) is 20.3 Å². The van der Waals surface area contributed by atoms with Gasteiger partial charge >= 0.3 is 8.56 Å². The van der Waals surface area contributed by atoms with Gasteiger partial charge in [-0.3, -0.25) is 0 Å². The molecule has 0 fully saturated rings. The van der Waals surface area contributed by atoms with Gasteiger partial charge in [0.05, 0.1) is 12.7 Å². The van der Waals surface area contributed by atoms with E-state index in [1.54, 1.807) is 7.11 Å². The molecule has 4 nitrogen and oxygen atoms in total. The molecule has 0 aromatic heterocycles. The summed E-state index contributed by atoms with van der Waals surface area (Å²) in [6.45, 7) is 11.4. The lowest BCUT2D eigenvalue weighted by atomic mass is 10.4. The molecule has 0 aliphatic rings. The third kappa shape index (κ3) is 7.89. The Morgan fingerprint density at radius 2 is 1.82 bits per heavy atom. The zero-order valence-corrected chi connectivity index (χ0v) is 13.1. The number of methoxy groups -OCH3 is 1. The Kier molecular flexibility index (Phi) is 9.08. The predicted octanol–water partition coefficient (Wildman–Crippen LogP) is 2.92. The first kappa shape index (κ1) is 17.1. The number of hydrogen-bond acceptors (Lipinski definition) is 4. The summed E-state index contributed by atoms with van der Waals surface area (Å²) >= 11 is 0. The molecule has 0 aliphatic heterocycles. The van der Waals surface area contributed by atoms with E-state index in [-0.39, 0.29) is 12.4 Å². The van der Waals surface area contributed by atoms with Crippen molar-refractivity contribution in [3.63, 3.8) is 0 Å². The number of hydrogen-bond donors (Lipinski definition) is 0. The second kappa shape index (κ2) is 9.05. The van der Waals surface area contributed by atoms with Gasteiger partial charge in [0.2, 0.25) is 0 Å². The van der Waals surface area contributed by atoms with Gasteiger partial charge in [-0.2, -0.15) is 0 Å². The Balaban J connectivity index is 4.07. The molecule has 0 aromatic rings. The monoisotopic (exact) mass is 264 g/mol. The summed E-state index contributed by atoms with van der Waals surface area (Å²) in [5, 5.41) is 0. The minimum atomic E-state index is -2.06. The van der Waals surface area contributed by atoms with Crippen molar-refractivity contribution < 1.29 is 18.3 Å². The smallest absolute Gasteiger partial charge is 0.336 e. The Labute approximate surface area is 107 Å². The molecule has 3 unspecified atom stereocenters. The van der Waals surface area contributed by atoms with E-state index >= 15 is 0 Å². The normalized spacial score (nSPS) is 18.7. The number of rotatable bonds is 10. The molecule has 0 heterocycles. The van der Waals surface area contributed by atoms with Crippen molar-refractivity contribution in [1.29, 1.82) is 0 Å². The average Bonchev–Trinajstić information content (AvgIpc) is 2.26. The molecule has 0 N–H and O–H groups in total. The van der Waals surface area contributed by atoms with Gasteiger partial charge in [-0.1, -0.05) is 13.3 Å². The molecule has 5 heteroatoms. The number of ether oxygens (including phenoxy) is 2. The first-order chi connectivity index (χ1) is 7.97. The van der Waals surface area contributed by atoms with Crippen LogP contribution in [-0.2, 0) is 18.3 Å². The standard InChI is InChI=1S/C12H28O4Si/c1-7-9-17(6,15-8-2)16-12(4)14-10-11(3)13-5/h11-12H,7-10H2,1-6H3. The van der Waals surface area contributed by atoms with Gasteiger partial charge < -0.3 is 18.3 Å². The Hall–Kier alpha value is 0.0569. The van der Waals surface area contributed by atoms with Gasteiger partial charge in [0.25, 0.3) is 0 Å². The molecule has 0 radical (unpaired) electrons. The fraction of sp³-hybridized carbons (Fsp3) is 1.00. The highest BCUT2D eigenvalue weighted by Gasteiger charge is 2.32. The predicted molar refractivity (Wildman–Crippen MR) is 71.3 cm³/mol. The van der Waals surface area contributed by atoms with E-state index in [2.05, 4.69) is 13.5 Å². The maximum Gasteiger partial charge on any atom is 0.336 e. The second-order valence-electron chi connectivity index (χ2n) is 4.38. The highest BCUT2D eigenvalue weighted by molar-refractivity contribution is 6.66. The van der Waals surface area contributed by atoms with Crippen molar-refractivity contribution in [3.05, 3.63) is 0 Å². The van der Waals surface area contributed by atoms with Crippen LogP contribution in [0.4, 0.5) is 0 Å². The molecule has 0 aromatic carbocycles. The van der Waals surface area contributed by atoms with Gasteiger partial charge in [0.15, 0.2) is 0 Å². The van der Waals surface area contributed by atoms with Crippen LogP contribution in [0, 0.1) is 0 Å². The van der Waals surface area contributed by atoms with Gasteiger partial charge in [-0.25, -0.2) is 0 Å². The van der Waals surface area contributed by atoms with Crippen LogP contribution < -0.4 is 0 Å². The highest BCUT2D eigenvalue weighted by atomic mass is 28.4. The van der Waals surface area contributed by atoms with Crippen LogP contribution in [0.3, 0.4) is 0 Å². The van der Waals surface area contributed by atoms with Crippen LogP contribution in [-0.4, -0.2) is 41.3 Å². The summed E-state index contributed by atoms with van der Waals surface area (Å²) in [6.07, 6.45) is 0.929. The van der Waals surface area contributed by atoms with E-state index in [4.69, 9.17) is 18.3 Å². The molecular weight excluding hydrogens is 236 g/mol. The van der Waals surface area contributed by atoms with Crippen LogP contribution in [0.2, 0.25) is 12.6 Å². The molecular formula is C12H28O4Si. The Morgan fingerprint density at radius 3 is 2.29 bits per heavy atom. The minimum Gasteiger partial charge on any atom is -0.395 e. The van der Waals surface area contributed by atoms with Crippen molar-refractivity contribution in [3.8, 4) is 0 Å². The summed E-state index contributed by atoms with van der Waals surface area (Å²) in [4.78, 5) is 0. The molecule has 104 valence electrons. The summed E-state index contributed by atoms with van der Waals surface area (Å²) in [6, 6.07) is 0.994. The summed E-state index contributed by atoms with van der Waals surface area (Å²) < 4.78 is 22.4. The SMILES string of the molecule is CCC[Si](C)(OCC)OC(C)OCC(C)OC. The van der Waals surface area contributed by atoms with Crippen LogP contribution >= 0.6 is 0 Å². The molecule has 0 bridgehead atoms. The van der Waals surface area contributed by atoms with Crippen LogP contribution in [0.15, 0.2) is 0 Å². The highest BCUT2D eigenvalue weighted by Crippen LogP contribution is 2.18. The fourth-order valence-corrected chi connectivity index (χ4v) is 4.27. The molecule has 3 atom stereocenters. The maximum absolute atomic E-state index is 5.95. The van der Waals surface area contributed by atoms with Crippen molar-refractivity contribution >= 4 is 8.56 Å². The first-order valence-electron chi connectivity index (χ1n) is 6.43. The first-order valence-corrected chi connectivity index (χ1v) is 8.96. The van der Waals surface area contributed by atoms with Crippen LogP contribution in [0.5, 0.6) is 0 Å². The average molecular weight is 264 g/mol. The van der Waals surface area contributed by atoms with E-state index in [1.165, 1.54) is 0 Å². The minimum absolute atomic E-state index is 0.0900. The molecule has 0 saturated heterocycles. The maximum atomic E-state index is 5.95. The summed E-state index contributed by atoms with van der Waals surface area (Å²) in [5.41, 5.74) is 0. The Bertz CT molecular complexity index is 183. The topological polar surface area (TPSA) is 36.9 Å². The van der Waals surface area contributed by atoms with E-state index in [1.807, 2.05) is 20.8 Å². The van der Waals surface area contributed by atoms with Crippen LogP contribution in [0.25, 0.3) is 0 Å². The Morgan fingerprint density at radius 1 is 1.18 bits per heavy atom. The van der Waals surface area contributed by atoms with Gasteiger partial charge in [-0.15, -0.1) is 0 Å². The van der Waals surface area contributed by atoms with Gasteiger partial charge in [0.1, 0.15) is 6.29 Å². The molecule has 0 amide bonds. The molecule has 0 aliphatic carbocycles. The summed E-state index contributed by atoms with van der Waals surface area (Å²) in [7, 11) is -0.384. The van der Waals surface area contributed by atoms with E-state index in [0.29, 0.717) is 13.2 Å². The third-order valence-corrected chi connectivity index (χ3v) is 5.68. The fourth-order valence-electron chi connectivity index (χ4n) is 1.65.